The van der Waals surface area contributed by atoms with Crippen molar-refractivity contribution in [2.24, 2.45) is 0 Å². The van der Waals surface area contributed by atoms with Crippen LogP contribution in [0.2, 0.25) is 0 Å². The molecular formula is C22H38F3N3. The Bertz CT molecular complexity index is 556. The van der Waals surface area contributed by atoms with Crippen molar-refractivity contribution >= 4 is 0 Å². The van der Waals surface area contributed by atoms with Gasteiger partial charge in [-0.1, -0.05) is 39.0 Å². The van der Waals surface area contributed by atoms with Crippen LogP contribution in [-0.2, 0) is 12.6 Å². The lowest BCUT2D eigenvalue weighted by atomic mass is 10.0. The topological polar surface area (TPSA) is 9.72 Å². The monoisotopic (exact) mass is 401 g/mol. The number of piperidine rings is 1. The quantitative estimate of drug-likeness (QED) is 0.732. The third kappa shape index (κ3) is 7.72. The van der Waals surface area contributed by atoms with Crippen LogP contribution in [0, 0.1) is 0 Å². The molecule has 2 heterocycles. The maximum Gasteiger partial charge on any atom is 0.416 e. The highest BCUT2D eigenvalue weighted by molar-refractivity contribution is 5.25. The van der Waals surface area contributed by atoms with E-state index in [0.717, 1.165) is 18.2 Å². The molecule has 3 rings (SSSR count). The Morgan fingerprint density at radius 3 is 2.14 bits per heavy atom. The number of likely N-dealkylation sites (tertiary alicyclic amines) is 2. The highest BCUT2D eigenvalue weighted by Gasteiger charge is 2.32. The Labute approximate surface area is 169 Å². The van der Waals surface area contributed by atoms with Gasteiger partial charge >= 0.3 is 6.18 Å². The smallest absolute Gasteiger partial charge is 0.305 e. The number of hydrogen-bond donors (Lipinski definition) is 0. The van der Waals surface area contributed by atoms with Gasteiger partial charge in [0.2, 0.25) is 0 Å². The molecule has 2 aliphatic heterocycles. The molecule has 0 radical (unpaired) electrons. The number of rotatable bonds is 3. The molecule has 162 valence electrons. The van der Waals surface area contributed by atoms with E-state index in [0.29, 0.717) is 12.0 Å². The first-order valence-electron chi connectivity index (χ1n) is 10.5. The van der Waals surface area contributed by atoms with Crippen LogP contribution in [0.4, 0.5) is 13.2 Å². The molecule has 0 spiro atoms. The normalized spacial score (nSPS) is 21.3. The number of aryl methyl sites for hydroxylation is 1. The summed E-state index contributed by atoms with van der Waals surface area (Å²) >= 11 is 0. The van der Waals surface area contributed by atoms with E-state index in [1.165, 1.54) is 51.2 Å². The second-order valence-electron chi connectivity index (χ2n) is 7.65. The zero-order valence-electron chi connectivity index (χ0n) is 18.4. The summed E-state index contributed by atoms with van der Waals surface area (Å²) < 4.78 is 36.3. The van der Waals surface area contributed by atoms with Gasteiger partial charge in [0.15, 0.2) is 0 Å². The first-order chi connectivity index (χ1) is 13.2. The second-order valence-corrected chi connectivity index (χ2v) is 7.65. The average molecular weight is 402 g/mol. The zero-order chi connectivity index (χ0) is 21.3. The molecule has 0 aliphatic carbocycles. The summed E-state index contributed by atoms with van der Waals surface area (Å²) in [7, 11) is 6.76. The summed E-state index contributed by atoms with van der Waals surface area (Å²) in [6.45, 7) is 10.9. The van der Waals surface area contributed by atoms with Crippen LogP contribution in [0.5, 0.6) is 0 Å². The van der Waals surface area contributed by atoms with Gasteiger partial charge in [-0.25, -0.2) is 0 Å². The van der Waals surface area contributed by atoms with Crippen LogP contribution in [0.1, 0.15) is 44.7 Å². The summed E-state index contributed by atoms with van der Waals surface area (Å²) in [5, 5.41) is 0. The summed E-state index contributed by atoms with van der Waals surface area (Å²) in [6, 6.07) is 7.00. The molecule has 2 saturated heterocycles. The number of likely N-dealkylation sites (N-methyl/N-ethyl adjacent to an activating group) is 3. The van der Waals surface area contributed by atoms with E-state index in [2.05, 4.69) is 35.8 Å². The maximum atomic E-state index is 12.1. The van der Waals surface area contributed by atoms with E-state index < -0.39 is 11.7 Å². The summed E-state index contributed by atoms with van der Waals surface area (Å²) in [5.41, 5.74) is 0.145. The van der Waals surface area contributed by atoms with E-state index in [9.17, 15) is 13.2 Å². The zero-order valence-corrected chi connectivity index (χ0v) is 18.4. The third-order valence-electron chi connectivity index (χ3n) is 5.46. The van der Waals surface area contributed by atoms with Crippen molar-refractivity contribution in [2.45, 2.75) is 58.3 Å². The lowest BCUT2D eigenvalue weighted by molar-refractivity contribution is -0.137. The Kier molecular flexibility index (Phi) is 10.5. The molecule has 2 fully saturated rings. The number of nitrogens with zero attached hydrogens (tertiary/aromatic N) is 3. The van der Waals surface area contributed by atoms with Crippen molar-refractivity contribution in [2.75, 3.05) is 47.3 Å². The number of benzene rings is 1. The summed E-state index contributed by atoms with van der Waals surface area (Å²) in [6.07, 6.45) is -0.829. The molecule has 1 atom stereocenters. The number of hydrogen-bond acceptors (Lipinski definition) is 3. The fraction of sp³-hybridized carbons (Fsp3) is 0.727. The van der Waals surface area contributed by atoms with Gasteiger partial charge in [0.05, 0.1) is 5.56 Å². The minimum atomic E-state index is -4.22. The van der Waals surface area contributed by atoms with Gasteiger partial charge in [-0.3, -0.25) is 4.90 Å². The number of alkyl halides is 3. The Hall–Kier alpha value is -1.11. The van der Waals surface area contributed by atoms with Crippen molar-refractivity contribution in [1.82, 2.24) is 14.7 Å². The molecule has 0 bridgehead atoms. The largest absolute Gasteiger partial charge is 0.416 e. The molecule has 1 aromatic carbocycles. The molecule has 6 heteroatoms. The highest BCUT2D eigenvalue weighted by atomic mass is 19.4. The Morgan fingerprint density at radius 1 is 1.04 bits per heavy atom. The Balaban J connectivity index is 0.000000260. The van der Waals surface area contributed by atoms with Gasteiger partial charge in [-0.15, -0.1) is 0 Å². The highest BCUT2D eigenvalue weighted by Crippen LogP contribution is 2.29. The van der Waals surface area contributed by atoms with Gasteiger partial charge < -0.3 is 9.80 Å². The van der Waals surface area contributed by atoms with Crippen molar-refractivity contribution in [1.29, 1.82) is 0 Å². The second kappa shape index (κ2) is 11.8. The lowest BCUT2D eigenvalue weighted by Crippen LogP contribution is -2.61. The van der Waals surface area contributed by atoms with E-state index in [1.54, 1.807) is 6.07 Å². The molecule has 0 N–H and O–H groups in total. The van der Waals surface area contributed by atoms with Gasteiger partial charge in [-0.05, 0) is 58.6 Å². The molecule has 1 unspecified atom stereocenters. The van der Waals surface area contributed by atoms with Crippen molar-refractivity contribution in [3.63, 3.8) is 0 Å². The average Bonchev–Trinajstić information content (AvgIpc) is 2.66. The molecule has 2 aliphatic rings. The van der Waals surface area contributed by atoms with Crippen molar-refractivity contribution in [3.8, 4) is 0 Å². The van der Waals surface area contributed by atoms with E-state index in [-0.39, 0.29) is 0 Å². The molecule has 0 amide bonds. The SMILES string of the molecule is CC.CCc1cccc(C(F)(F)F)c1.CN1CCCC(N(C)C2CN(C)C2)C1. The minimum absolute atomic E-state index is 0.568. The van der Waals surface area contributed by atoms with Gasteiger partial charge in [0.1, 0.15) is 0 Å². The predicted octanol–water partition coefficient (Wildman–Crippen LogP) is 4.62. The summed E-state index contributed by atoms with van der Waals surface area (Å²) in [4.78, 5) is 7.47. The van der Waals surface area contributed by atoms with Crippen molar-refractivity contribution in [3.05, 3.63) is 35.4 Å². The van der Waals surface area contributed by atoms with Gasteiger partial charge in [0.25, 0.3) is 0 Å². The molecule has 3 nitrogen and oxygen atoms in total. The van der Waals surface area contributed by atoms with Gasteiger partial charge in [0, 0.05) is 31.7 Å². The fourth-order valence-electron chi connectivity index (χ4n) is 3.66. The standard InChI is InChI=1S/C11H23N3.C9H9F3.C2H6/c1-12-6-4-5-10(7-12)14(3)11-8-13(2)9-11;1-2-7-4-3-5-8(6-7)9(10,11)12;1-2/h10-11H,4-9H2,1-3H3;3-6H,2H2,1H3;1-2H3. The van der Waals surface area contributed by atoms with Crippen LogP contribution in [0.25, 0.3) is 0 Å². The maximum absolute atomic E-state index is 12.1. The van der Waals surface area contributed by atoms with Gasteiger partial charge in [-0.2, -0.15) is 13.2 Å². The third-order valence-corrected chi connectivity index (χ3v) is 5.46. The van der Waals surface area contributed by atoms with Crippen LogP contribution >= 0.6 is 0 Å². The van der Waals surface area contributed by atoms with Crippen LogP contribution < -0.4 is 0 Å². The molecule has 0 aromatic heterocycles. The van der Waals surface area contributed by atoms with E-state index in [4.69, 9.17) is 0 Å². The first-order valence-corrected chi connectivity index (χ1v) is 10.5. The molecule has 28 heavy (non-hydrogen) atoms. The molecule has 0 saturated carbocycles. The molecular weight excluding hydrogens is 363 g/mol. The molecule has 1 aromatic rings. The number of halogens is 3. The Morgan fingerprint density at radius 2 is 1.64 bits per heavy atom. The first kappa shape index (κ1) is 24.9. The van der Waals surface area contributed by atoms with E-state index in [1.807, 2.05) is 20.8 Å². The van der Waals surface area contributed by atoms with Crippen molar-refractivity contribution < 1.29 is 13.2 Å². The van der Waals surface area contributed by atoms with Crippen LogP contribution in [0.15, 0.2) is 24.3 Å². The van der Waals surface area contributed by atoms with Crippen LogP contribution in [0.3, 0.4) is 0 Å². The summed E-state index contributed by atoms with van der Waals surface area (Å²) in [5.74, 6) is 0. The minimum Gasteiger partial charge on any atom is -0.305 e. The van der Waals surface area contributed by atoms with Crippen LogP contribution in [-0.4, -0.2) is 74.1 Å². The predicted molar refractivity (Wildman–Crippen MR) is 112 cm³/mol. The fourth-order valence-corrected chi connectivity index (χ4v) is 3.66. The van der Waals surface area contributed by atoms with E-state index >= 15 is 0 Å². The lowest BCUT2D eigenvalue weighted by Gasteiger charge is -2.47.